The third kappa shape index (κ3) is 5.40. The fraction of sp³-hybridized carbons (Fsp3) is 0.158. The number of amides is 1. The van der Waals surface area contributed by atoms with Gasteiger partial charge in [-0.1, -0.05) is 0 Å². The van der Waals surface area contributed by atoms with Crippen LogP contribution in [0.3, 0.4) is 0 Å². The van der Waals surface area contributed by atoms with Crippen molar-refractivity contribution in [1.29, 1.82) is 0 Å². The first-order chi connectivity index (χ1) is 13.1. The van der Waals surface area contributed by atoms with E-state index in [0.717, 1.165) is 22.8 Å². The van der Waals surface area contributed by atoms with Crippen LogP contribution in [0.2, 0.25) is 0 Å². The number of carbonyl (C=O) groups is 1. The van der Waals surface area contributed by atoms with E-state index in [0.29, 0.717) is 18.4 Å². The van der Waals surface area contributed by atoms with Crippen LogP contribution >= 0.6 is 0 Å². The Kier molecular flexibility index (Phi) is 5.78. The fourth-order valence-electron chi connectivity index (χ4n) is 2.34. The highest BCUT2D eigenvalue weighted by Gasteiger charge is 2.03. The van der Waals surface area contributed by atoms with Crippen molar-refractivity contribution in [3.63, 3.8) is 0 Å². The number of nitrogens with zero attached hydrogens (tertiary/aromatic N) is 3. The molecule has 0 bridgehead atoms. The summed E-state index contributed by atoms with van der Waals surface area (Å²) >= 11 is 0. The van der Waals surface area contributed by atoms with Gasteiger partial charge in [0.15, 0.2) is 5.82 Å². The molecule has 27 heavy (non-hydrogen) atoms. The summed E-state index contributed by atoms with van der Waals surface area (Å²) in [5.74, 6) is 1.62. The second kappa shape index (κ2) is 8.61. The van der Waals surface area contributed by atoms with E-state index in [4.69, 9.17) is 4.74 Å². The number of hydrogen-bond donors (Lipinski definition) is 3. The Morgan fingerprint density at radius 1 is 0.963 bits per heavy atom. The maximum atomic E-state index is 11.1. The number of hydrogen-bond acceptors (Lipinski definition) is 7. The van der Waals surface area contributed by atoms with Crippen LogP contribution < -0.4 is 20.7 Å². The van der Waals surface area contributed by atoms with Crippen LogP contribution in [0, 0.1) is 0 Å². The van der Waals surface area contributed by atoms with E-state index in [1.54, 1.807) is 12.1 Å². The molecule has 3 rings (SSSR count). The Morgan fingerprint density at radius 2 is 1.59 bits per heavy atom. The number of nitrogens with one attached hydrogen (secondary N) is 3. The molecular weight excluding hydrogens is 344 g/mol. The number of ether oxygens (including phenoxy) is 1. The van der Waals surface area contributed by atoms with Crippen molar-refractivity contribution in [2.45, 2.75) is 13.8 Å². The highest BCUT2D eigenvalue weighted by atomic mass is 16.5. The van der Waals surface area contributed by atoms with Crippen molar-refractivity contribution in [2.75, 3.05) is 22.6 Å². The van der Waals surface area contributed by atoms with Gasteiger partial charge in [0.2, 0.25) is 11.9 Å². The van der Waals surface area contributed by atoms with Gasteiger partial charge in [-0.15, -0.1) is 5.10 Å². The summed E-state index contributed by atoms with van der Waals surface area (Å²) in [6, 6.07) is 14.8. The van der Waals surface area contributed by atoms with Gasteiger partial charge in [0.05, 0.1) is 12.8 Å². The lowest BCUT2D eigenvalue weighted by molar-refractivity contribution is -0.114. The van der Waals surface area contributed by atoms with Crippen molar-refractivity contribution in [3.05, 3.63) is 54.7 Å². The summed E-state index contributed by atoms with van der Waals surface area (Å²) in [5, 5.41) is 16.9. The van der Waals surface area contributed by atoms with E-state index in [1.165, 1.54) is 13.1 Å². The molecule has 0 atom stereocenters. The van der Waals surface area contributed by atoms with Crippen LogP contribution in [0.1, 0.15) is 13.8 Å². The zero-order valence-corrected chi connectivity index (χ0v) is 15.1. The summed E-state index contributed by atoms with van der Waals surface area (Å²) in [5.41, 5.74) is 2.38. The Hall–Kier alpha value is -3.68. The molecule has 0 fully saturated rings. The average Bonchev–Trinajstić information content (AvgIpc) is 2.65. The minimum absolute atomic E-state index is 0.110. The Bertz CT molecular complexity index is 897. The maximum Gasteiger partial charge on any atom is 0.249 e. The molecular formula is C19H20N6O2. The van der Waals surface area contributed by atoms with Gasteiger partial charge in [-0.3, -0.25) is 4.79 Å². The van der Waals surface area contributed by atoms with Crippen LogP contribution in [0.25, 0.3) is 0 Å². The van der Waals surface area contributed by atoms with E-state index in [2.05, 4.69) is 31.1 Å². The van der Waals surface area contributed by atoms with Crippen LogP contribution in [0.4, 0.5) is 28.8 Å². The molecule has 0 radical (unpaired) electrons. The number of anilines is 5. The van der Waals surface area contributed by atoms with Crippen molar-refractivity contribution < 1.29 is 9.53 Å². The largest absolute Gasteiger partial charge is 0.494 e. The monoisotopic (exact) mass is 364 g/mol. The van der Waals surface area contributed by atoms with E-state index in [-0.39, 0.29) is 5.91 Å². The highest BCUT2D eigenvalue weighted by Crippen LogP contribution is 2.20. The van der Waals surface area contributed by atoms with Gasteiger partial charge >= 0.3 is 0 Å². The van der Waals surface area contributed by atoms with E-state index in [9.17, 15) is 4.79 Å². The second-order valence-electron chi connectivity index (χ2n) is 5.63. The second-order valence-corrected chi connectivity index (χ2v) is 5.63. The van der Waals surface area contributed by atoms with E-state index < -0.39 is 0 Å². The molecule has 0 aliphatic rings. The molecule has 0 unspecified atom stereocenters. The predicted molar refractivity (Wildman–Crippen MR) is 105 cm³/mol. The molecule has 0 aliphatic heterocycles. The molecule has 8 heteroatoms. The molecule has 0 saturated carbocycles. The van der Waals surface area contributed by atoms with Gasteiger partial charge in [0, 0.05) is 24.0 Å². The predicted octanol–water partition coefficient (Wildman–Crippen LogP) is 3.72. The molecule has 1 aromatic heterocycles. The Balaban J connectivity index is 1.65. The van der Waals surface area contributed by atoms with Crippen molar-refractivity contribution in [2.24, 2.45) is 0 Å². The molecule has 8 nitrogen and oxygen atoms in total. The first kappa shape index (κ1) is 18.1. The minimum Gasteiger partial charge on any atom is -0.494 e. The third-order valence-corrected chi connectivity index (χ3v) is 3.46. The normalized spacial score (nSPS) is 10.1. The number of benzene rings is 2. The van der Waals surface area contributed by atoms with E-state index >= 15 is 0 Å². The molecule has 138 valence electrons. The molecule has 1 amide bonds. The third-order valence-electron chi connectivity index (χ3n) is 3.46. The van der Waals surface area contributed by atoms with Gasteiger partial charge in [-0.25, -0.2) is 0 Å². The smallest absolute Gasteiger partial charge is 0.249 e. The van der Waals surface area contributed by atoms with Gasteiger partial charge in [0.25, 0.3) is 0 Å². The topological polar surface area (TPSA) is 101 Å². The zero-order chi connectivity index (χ0) is 19.1. The van der Waals surface area contributed by atoms with Crippen molar-refractivity contribution >= 4 is 34.7 Å². The summed E-state index contributed by atoms with van der Waals surface area (Å²) in [6.45, 7) is 4.04. The summed E-state index contributed by atoms with van der Waals surface area (Å²) in [4.78, 5) is 15.5. The lowest BCUT2D eigenvalue weighted by Crippen LogP contribution is -2.05. The van der Waals surface area contributed by atoms with Gasteiger partial charge in [0.1, 0.15) is 5.75 Å². The summed E-state index contributed by atoms with van der Waals surface area (Å²) in [7, 11) is 0. The van der Waals surface area contributed by atoms with Crippen LogP contribution in [-0.4, -0.2) is 27.7 Å². The molecule has 2 aromatic carbocycles. The van der Waals surface area contributed by atoms with Crippen LogP contribution in [-0.2, 0) is 4.79 Å². The standard InChI is InChI=1S/C19H20N6O2/c1-3-27-17-10-8-16(9-11-17)23-19-24-18(12-20-25-19)22-15-6-4-14(5-7-15)21-13(2)26/h4-12H,3H2,1-2H3,(H,21,26)(H2,22,23,24,25). The first-order valence-corrected chi connectivity index (χ1v) is 8.46. The number of carbonyl (C=O) groups excluding carboxylic acids is 1. The van der Waals surface area contributed by atoms with Gasteiger partial charge in [-0.2, -0.15) is 10.1 Å². The fourth-order valence-corrected chi connectivity index (χ4v) is 2.34. The lowest BCUT2D eigenvalue weighted by atomic mass is 10.3. The van der Waals surface area contributed by atoms with Crippen LogP contribution in [0.15, 0.2) is 54.7 Å². The SMILES string of the molecule is CCOc1ccc(Nc2nncc(Nc3ccc(NC(C)=O)cc3)n2)cc1. The van der Waals surface area contributed by atoms with E-state index in [1.807, 2.05) is 43.3 Å². The minimum atomic E-state index is -0.110. The highest BCUT2D eigenvalue weighted by molar-refractivity contribution is 5.88. The van der Waals surface area contributed by atoms with Gasteiger partial charge in [-0.05, 0) is 55.5 Å². The molecule has 1 heterocycles. The Labute approximate surface area is 157 Å². The molecule has 3 aromatic rings. The summed E-state index contributed by atoms with van der Waals surface area (Å²) < 4.78 is 5.42. The molecule has 0 spiro atoms. The first-order valence-electron chi connectivity index (χ1n) is 8.46. The quantitative estimate of drug-likeness (QED) is 0.587. The number of aromatic nitrogens is 3. The van der Waals surface area contributed by atoms with Gasteiger partial charge < -0.3 is 20.7 Å². The molecule has 0 aliphatic carbocycles. The average molecular weight is 364 g/mol. The van der Waals surface area contributed by atoms with Crippen molar-refractivity contribution in [3.8, 4) is 5.75 Å². The molecule has 0 saturated heterocycles. The molecule has 3 N–H and O–H groups in total. The lowest BCUT2D eigenvalue weighted by Gasteiger charge is -2.09. The summed E-state index contributed by atoms with van der Waals surface area (Å²) in [6.07, 6.45) is 1.53. The zero-order valence-electron chi connectivity index (χ0n) is 15.1. The van der Waals surface area contributed by atoms with Crippen molar-refractivity contribution in [1.82, 2.24) is 15.2 Å². The number of rotatable bonds is 7. The van der Waals surface area contributed by atoms with Crippen LogP contribution in [0.5, 0.6) is 5.75 Å². The Morgan fingerprint density at radius 3 is 2.26 bits per heavy atom. The maximum absolute atomic E-state index is 11.1.